The van der Waals surface area contributed by atoms with E-state index in [2.05, 4.69) is 20.9 Å². The van der Waals surface area contributed by atoms with Gasteiger partial charge in [-0.25, -0.2) is 9.07 Å². The summed E-state index contributed by atoms with van der Waals surface area (Å²) in [4.78, 5) is 11.8. The van der Waals surface area contributed by atoms with E-state index in [1.807, 2.05) is 6.92 Å². The van der Waals surface area contributed by atoms with E-state index in [1.165, 1.54) is 22.9 Å². The molecule has 1 amide bonds. The zero-order chi connectivity index (χ0) is 15.2. The SMILES string of the molecule is CCNCc1cn(CC(=O)Nc2ccc(F)c(Cl)c2)nn1. The van der Waals surface area contributed by atoms with Crippen LogP contribution in [0.2, 0.25) is 5.02 Å². The first-order valence-electron chi connectivity index (χ1n) is 6.43. The summed E-state index contributed by atoms with van der Waals surface area (Å²) in [6, 6.07) is 3.99. The minimum absolute atomic E-state index is 0.0219. The Kier molecular flexibility index (Phi) is 5.24. The number of benzene rings is 1. The number of amides is 1. The highest BCUT2D eigenvalue weighted by Gasteiger charge is 2.08. The number of nitrogens with zero attached hydrogens (tertiary/aromatic N) is 3. The minimum atomic E-state index is -0.529. The van der Waals surface area contributed by atoms with E-state index in [1.54, 1.807) is 6.20 Å². The molecular weight excluding hydrogens is 297 g/mol. The van der Waals surface area contributed by atoms with Crippen molar-refractivity contribution in [1.82, 2.24) is 20.3 Å². The number of carbonyl (C=O) groups is 1. The van der Waals surface area contributed by atoms with E-state index in [0.717, 1.165) is 12.2 Å². The molecule has 1 aromatic carbocycles. The van der Waals surface area contributed by atoms with Crippen molar-refractivity contribution in [2.75, 3.05) is 11.9 Å². The summed E-state index contributed by atoms with van der Waals surface area (Å²) in [6.07, 6.45) is 1.69. The number of hydrogen-bond donors (Lipinski definition) is 2. The topological polar surface area (TPSA) is 71.8 Å². The lowest BCUT2D eigenvalue weighted by atomic mass is 10.3. The molecule has 21 heavy (non-hydrogen) atoms. The van der Waals surface area contributed by atoms with Gasteiger partial charge in [-0.1, -0.05) is 23.7 Å². The Hall–Kier alpha value is -1.99. The van der Waals surface area contributed by atoms with Gasteiger partial charge < -0.3 is 10.6 Å². The molecule has 112 valence electrons. The van der Waals surface area contributed by atoms with E-state index >= 15 is 0 Å². The molecule has 8 heteroatoms. The van der Waals surface area contributed by atoms with Crippen LogP contribution < -0.4 is 10.6 Å². The number of nitrogens with one attached hydrogen (secondary N) is 2. The van der Waals surface area contributed by atoms with Crippen molar-refractivity contribution in [1.29, 1.82) is 0 Å². The third kappa shape index (κ3) is 4.51. The highest BCUT2D eigenvalue weighted by Crippen LogP contribution is 2.19. The Morgan fingerprint density at radius 2 is 2.29 bits per heavy atom. The fourth-order valence-electron chi connectivity index (χ4n) is 1.67. The fraction of sp³-hybridized carbons (Fsp3) is 0.308. The van der Waals surface area contributed by atoms with Gasteiger partial charge in [0.2, 0.25) is 5.91 Å². The van der Waals surface area contributed by atoms with Crippen molar-refractivity contribution in [2.24, 2.45) is 0 Å². The quantitative estimate of drug-likeness (QED) is 0.853. The van der Waals surface area contributed by atoms with Gasteiger partial charge in [-0.05, 0) is 24.7 Å². The van der Waals surface area contributed by atoms with E-state index < -0.39 is 5.82 Å². The molecule has 1 heterocycles. The molecule has 0 atom stereocenters. The van der Waals surface area contributed by atoms with Crippen LogP contribution in [0.15, 0.2) is 24.4 Å². The standard InChI is InChI=1S/C13H15ClFN5O/c1-2-16-6-10-7-20(19-18-10)8-13(21)17-9-3-4-12(15)11(14)5-9/h3-5,7,16H,2,6,8H2,1H3,(H,17,21). The van der Waals surface area contributed by atoms with Gasteiger partial charge in [0.05, 0.1) is 16.9 Å². The van der Waals surface area contributed by atoms with Crippen LogP contribution in [0.3, 0.4) is 0 Å². The van der Waals surface area contributed by atoms with E-state index in [-0.39, 0.29) is 17.5 Å². The summed E-state index contributed by atoms with van der Waals surface area (Å²) in [5.74, 6) is -0.823. The first kappa shape index (κ1) is 15.4. The van der Waals surface area contributed by atoms with Crippen LogP contribution in [0.5, 0.6) is 0 Å². The van der Waals surface area contributed by atoms with Crippen LogP contribution in [0, 0.1) is 5.82 Å². The normalized spacial score (nSPS) is 10.6. The van der Waals surface area contributed by atoms with Gasteiger partial charge in [0.1, 0.15) is 12.4 Å². The van der Waals surface area contributed by atoms with Crippen molar-refractivity contribution in [2.45, 2.75) is 20.0 Å². The molecule has 2 aromatic rings. The predicted molar refractivity (Wildman–Crippen MR) is 77.4 cm³/mol. The number of halogens is 2. The third-order valence-electron chi connectivity index (χ3n) is 2.65. The van der Waals surface area contributed by atoms with Gasteiger partial charge in [0.15, 0.2) is 0 Å². The Balaban J connectivity index is 1.91. The summed E-state index contributed by atoms with van der Waals surface area (Å²) in [7, 11) is 0. The highest BCUT2D eigenvalue weighted by atomic mass is 35.5. The third-order valence-corrected chi connectivity index (χ3v) is 2.94. The van der Waals surface area contributed by atoms with Crippen LogP contribution >= 0.6 is 11.6 Å². The van der Waals surface area contributed by atoms with Crippen LogP contribution in [-0.4, -0.2) is 27.4 Å². The van der Waals surface area contributed by atoms with Gasteiger partial charge in [-0.2, -0.15) is 0 Å². The molecule has 0 saturated carbocycles. The van der Waals surface area contributed by atoms with E-state index in [4.69, 9.17) is 11.6 Å². The zero-order valence-corrected chi connectivity index (χ0v) is 12.2. The lowest BCUT2D eigenvalue weighted by Gasteiger charge is -2.05. The number of hydrogen-bond acceptors (Lipinski definition) is 4. The molecule has 2 rings (SSSR count). The summed E-state index contributed by atoms with van der Waals surface area (Å²) in [5.41, 5.74) is 1.19. The molecule has 0 spiro atoms. The molecule has 0 saturated heterocycles. The van der Waals surface area contributed by atoms with Crippen molar-refractivity contribution >= 4 is 23.2 Å². The molecule has 0 radical (unpaired) electrons. The number of aromatic nitrogens is 3. The Morgan fingerprint density at radius 1 is 1.48 bits per heavy atom. The number of anilines is 1. The second-order valence-electron chi connectivity index (χ2n) is 4.36. The average Bonchev–Trinajstić information content (AvgIpc) is 2.88. The van der Waals surface area contributed by atoms with E-state index in [9.17, 15) is 9.18 Å². The largest absolute Gasteiger partial charge is 0.324 e. The Morgan fingerprint density at radius 3 is 3.00 bits per heavy atom. The maximum absolute atomic E-state index is 13.0. The zero-order valence-electron chi connectivity index (χ0n) is 11.4. The second kappa shape index (κ2) is 7.14. The van der Waals surface area contributed by atoms with Crippen molar-refractivity contribution in [3.05, 3.63) is 40.9 Å². The van der Waals surface area contributed by atoms with Crippen LogP contribution in [0.4, 0.5) is 10.1 Å². The van der Waals surface area contributed by atoms with Gasteiger partial charge >= 0.3 is 0 Å². The maximum atomic E-state index is 13.0. The number of carbonyl (C=O) groups excluding carboxylic acids is 1. The van der Waals surface area contributed by atoms with Crippen molar-refractivity contribution in [3.63, 3.8) is 0 Å². The number of rotatable bonds is 6. The predicted octanol–water partition coefficient (Wildman–Crippen LogP) is 1.82. The maximum Gasteiger partial charge on any atom is 0.246 e. The van der Waals surface area contributed by atoms with Crippen LogP contribution in [0.25, 0.3) is 0 Å². The summed E-state index contributed by atoms with van der Waals surface area (Å²) in [5, 5.41) is 13.5. The lowest BCUT2D eigenvalue weighted by Crippen LogP contribution is -2.19. The van der Waals surface area contributed by atoms with Crippen LogP contribution in [-0.2, 0) is 17.9 Å². The first-order valence-corrected chi connectivity index (χ1v) is 6.81. The molecule has 0 aliphatic carbocycles. The summed E-state index contributed by atoms with van der Waals surface area (Å²) in [6.45, 7) is 3.45. The molecule has 1 aromatic heterocycles. The van der Waals surface area contributed by atoms with E-state index in [0.29, 0.717) is 12.2 Å². The molecule has 0 aliphatic rings. The summed E-state index contributed by atoms with van der Waals surface area (Å²) < 4.78 is 14.5. The fourth-order valence-corrected chi connectivity index (χ4v) is 1.85. The monoisotopic (exact) mass is 311 g/mol. The molecule has 0 fully saturated rings. The molecule has 0 unspecified atom stereocenters. The van der Waals surface area contributed by atoms with Crippen molar-refractivity contribution < 1.29 is 9.18 Å². The molecular formula is C13H15ClFN5O. The molecule has 0 aliphatic heterocycles. The smallest absolute Gasteiger partial charge is 0.246 e. The van der Waals surface area contributed by atoms with Gasteiger partial charge in [-0.15, -0.1) is 5.10 Å². The van der Waals surface area contributed by atoms with Gasteiger partial charge in [0, 0.05) is 12.2 Å². The molecule has 2 N–H and O–H groups in total. The Labute approximate surface area is 126 Å². The minimum Gasteiger partial charge on any atom is -0.324 e. The molecule has 6 nitrogen and oxygen atoms in total. The lowest BCUT2D eigenvalue weighted by molar-refractivity contribution is -0.116. The van der Waals surface area contributed by atoms with Gasteiger partial charge in [-0.3, -0.25) is 4.79 Å². The highest BCUT2D eigenvalue weighted by molar-refractivity contribution is 6.31. The Bertz CT molecular complexity index is 631. The average molecular weight is 312 g/mol. The van der Waals surface area contributed by atoms with Crippen molar-refractivity contribution in [3.8, 4) is 0 Å². The summed E-state index contributed by atoms with van der Waals surface area (Å²) >= 11 is 5.65. The molecule has 0 bridgehead atoms. The van der Waals surface area contributed by atoms with Gasteiger partial charge in [0.25, 0.3) is 0 Å². The van der Waals surface area contributed by atoms with Crippen LogP contribution in [0.1, 0.15) is 12.6 Å². The first-order chi connectivity index (χ1) is 10.1. The second-order valence-corrected chi connectivity index (χ2v) is 4.77.